The number of ether oxygens (including phenoxy) is 1. The number of nitrogens with one attached hydrogen (secondary N) is 1. The molecule has 0 radical (unpaired) electrons. The third-order valence-electron chi connectivity index (χ3n) is 1.73. The second-order valence-electron chi connectivity index (χ2n) is 2.86. The van der Waals surface area contributed by atoms with Gasteiger partial charge in [0.05, 0.1) is 11.6 Å². The molecule has 0 aliphatic carbocycles. The average Bonchev–Trinajstić information content (AvgIpc) is 2.27. The van der Waals surface area contributed by atoms with Gasteiger partial charge >= 0.3 is 6.61 Å². The molecule has 1 amide bonds. The van der Waals surface area contributed by atoms with Crippen LogP contribution in [0.2, 0.25) is 0 Å². The van der Waals surface area contributed by atoms with E-state index in [1.54, 1.807) is 6.07 Å². The van der Waals surface area contributed by atoms with Gasteiger partial charge in [-0.2, -0.15) is 14.0 Å². The smallest absolute Gasteiger partial charge is 0.387 e. The molecular weight excluding hydrogens is 237 g/mol. The first kappa shape index (κ1) is 12.8. The Bertz CT molecular complexity index is 457. The van der Waals surface area contributed by atoms with Gasteiger partial charge in [-0.3, -0.25) is 4.79 Å². The van der Waals surface area contributed by atoms with Crippen LogP contribution < -0.4 is 10.1 Å². The summed E-state index contributed by atoms with van der Waals surface area (Å²) in [5, 5.41) is 10.3. The first-order chi connectivity index (χ1) is 8.04. The maximum absolute atomic E-state index is 12.9. The summed E-state index contributed by atoms with van der Waals surface area (Å²) in [4.78, 5) is 11.4. The van der Waals surface area contributed by atoms with Gasteiger partial charge in [0.2, 0.25) is 0 Å². The van der Waals surface area contributed by atoms with Crippen LogP contribution in [0, 0.1) is 17.1 Å². The minimum atomic E-state index is -3.12. The zero-order valence-corrected chi connectivity index (χ0v) is 8.41. The third-order valence-corrected chi connectivity index (χ3v) is 1.73. The van der Waals surface area contributed by atoms with Crippen molar-refractivity contribution in [3.8, 4) is 11.8 Å². The molecule has 0 aromatic heterocycles. The van der Waals surface area contributed by atoms with E-state index in [1.807, 2.05) is 0 Å². The normalized spacial score (nSPS) is 9.82. The Balaban J connectivity index is 2.98. The molecule has 1 aromatic carbocycles. The summed E-state index contributed by atoms with van der Waals surface area (Å²) in [6, 6.07) is 4.19. The number of benzene rings is 1. The van der Waals surface area contributed by atoms with Crippen molar-refractivity contribution in [2.24, 2.45) is 0 Å². The number of halogens is 3. The van der Waals surface area contributed by atoms with Crippen LogP contribution in [0.1, 0.15) is 10.4 Å². The number of carbonyl (C=O) groups excluding carboxylic acids is 1. The Morgan fingerprint density at radius 1 is 1.53 bits per heavy atom. The molecule has 0 aliphatic rings. The number of hydrogen-bond acceptors (Lipinski definition) is 3. The minimum absolute atomic E-state index is 0.316. The summed E-state index contributed by atoms with van der Waals surface area (Å²) in [6.45, 7) is -3.44. The van der Waals surface area contributed by atoms with Crippen LogP contribution in [-0.2, 0) is 0 Å². The van der Waals surface area contributed by atoms with E-state index in [9.17, 15) is 18.0 Å². The van der Waals surface area contributed by atoms with E-state index in [-0.39, 0.29) is 12.1 Å². The second-order valence-corrected chi connectivity index (χ2v) is 2.86. The van der Waals surface area contributed by atoms with E-state index in [0.29, 0.717) is 0 Å². The van der Waals surface area contributed by atoms with E-state index >= 15 is 0 Å². The largest absolute Gasteiger partial charge is 0.434 e. The molecule has 0 unspecified atom stereocenters. The van der Waals surface area contributed by atoms with Gasteiger partial charge in [0.15, 0.2) is 0 Å². The summed E-state index contributed by atoms with van der Waals surface area (Å²) >= 11 is 0. The van der Waals surface area contributed by atoms with Gasteiger partial charge < -0.3 is 10.1 Å². The Morgan fingerprint density at radius 2 is 2.24 bits per heavy atom. The van der Waals surface area contributed by atoms with Gasteiger partial charge in [-0.25, -0.2) is 4.39 Å². The zero-order valence-electron chi connectivity index (χ0n) is 8.41. The van der Waals surface area contributed by atoms with Crippen molar-refractivity contribution in [3.05, 3.63) is 29.6 Å². The number of rotatable bonds is 4. The Labute approximate surface area is 94.6 Å². The van der Waals surface area contributed by atoms with Crippen molar-refractivity contribution in [3.63, 3.8) is 0 Å². The van der Waals surface area contributed by atoms with Crippen LogP contribution in [-0.4, -0.2) is 19.1 Å². The number of nitriles is 1. The number of alkyl halides is 2. The van der Waals surface area contributed by atoms with Crippen molar-refractivity contribution < 1.29 is 22.7 Å². The van der Waals surface area contributed by atoms with Gasteiger partial charge in [-0.1, -0.05) is 0 Å². The van der Waals surface area contributed by atoms with E-state index in [1.165, 1.54) is 0 Å². The zero-order chi connectivity index (χ0) is 12.8. The molecular formula is C10H7F3N2O2. The SMILES string of the molecule is N#CCNC(=O)c1cc(F)ccc1OC(F)F. The second kappa shape index (κ2) is 5.75. The molecule has 0 saturated heterocycles. The van der Waals surface area contributed by atoms with Crippen LogP contribution in [0.3, 0.4) is 0 Å². The maximum atomic E-state index is 12.9. The summed E-state index contributed by atoms with van der Waals surface area (Å²) < 4.78 is 41.0. The fourth-order valence-corrected chi connectivity index (χ4v) is 1.09. The first-order valence-corrected chi connectivity index (χ1v) is 4.44. The third kappa shape index (κ3) is 3.68. The van der Waals surface area contributed by atoms with Gasteiger partial charge in [0.1, 0.15) is 18.1 Å². The molecule has 0 saturated carbocycles. The predicted octanol–water partition coefficient (Wildman–Crippen LogP) is 1.68. The Hall–Kier alpha value is -2.23. The van der Waals surface area contributed by atoms with E-state index in [0.717, 1.165) is 18.2 Å². The van der Waals surface area contributed by atoms with Crippen LogP contribution in [0.4, 0.5) is 13.2 Å². The van der Waals surface area contributed by atoms with Crippen LogP contribution in [0.25, 0.3) is 0 Å². The fraction of sp³-hybridized carbons (Fsp3) is 0.200. The molecule has 0 bridgehead atoms. The highest BCUT2D eigenvalue weighted by atomic mass is 19.3. The van der Waals surface area contributed by atoms with Crippen molar-refractivity contribution in [1.29, 1.82) is 5.26 Å². The minimum Gasteiger partial charge on any atom is -0.434 e. The fourth-order valence-electron chi connectivity index (χ4n) is 1.09. The van der Waals surface area contributed by atoms with E-state index in [2.05, 4.69) is 10.1 Å². The number of nitrogens with zero attached hydrogens (tertiary/aromatic N) is 1. The van der Waals surface area contributed by atoms with Crippen molar-refractivity contribution >= 4 is 5.91 Å². The maximum Gasteiger partial charge on any atom is 0.387 e. The van der Waals surface area contributed by atoms with Gasteiger partial charge in [0, 0.05) is 0 Å². The highest BCUT2D eigenvalue weighted by molar-refractivity contribution is 5.97. The molecule has 0 aliphatic heterocycles. The quantitative estimate of drug-likeness (QED) is 0.819. The van der Waals surface area contributed by atoms with Gasteiger partial charge in [-0.05, 0) is 18.2 Å². The molecule has 0 atom stereocenters. The summed E-state index contributed by atoms with van der Waals surface area (Å²) in [5.41, 5.74) is -0.388. The van der Waals surface area contributed by atoms with E-state index in [4.69, 9.17) is 5.26 Å². The van der Waals surface area contributed by atoms with Crippen LogP contribution in [0.15, 0.2) is 18.2 Å². The van der Waals surface area contributed by atoms with Crippen LogP contribution in [0.5, 0.6) is 5.75 Å². The summed E-state index contributed by atoms with van der Waals surface area (Å²) in [7, 11) is 0. The molecule has 0 fully saturated rings. The molecule has 1 rings (SSSR count). The molecule has 4 nitrogen and oxygen atoms in total. The summed E-state index contributed by atoms with van der Waals surface area (Å²) in [5.74, 6) is -2.08. The Kier molecular flexibility index (Phi) is 4.34. The topological polar surface area (TPSA) is 62.1 Å². The first-order valence-electron chi connectivity index (χ1n) is 4.44. The van der Waals surface area contributed by atoms with Crippen LogP contribution >= 0.6 is 0 Å². The van der Waals surface area contributed by atoms with Crippen molar-refractivity contribution in [2.75, 3.05) is 6.54 Å². The van der Waals surface area contributed by atoms with Gasteiger partial charge in [0.25, 0.3) is 5.91 Å². The lowest BCUT2D eigenvalue weighted by Gasteiger charge is -2.09. The lowest BCUT2D eigenvalue weighted by molar-refractivity contribution is -0.0502. The predicted molar refractivity (Wildman–Crippen MR) is 51.0 cm³/mol. The van der Waals surface area contributed by atoms with Crippen molar-refractivity contribution in [2.45, 2.75) is 6.61 Å². The average molecular weight is 244 g/mol. The molecule has 90 valence electrons. The monoisotopic (exact) mass is 244 g/mol. The molecule has 1 N–H and O–H groups in total. The Morgan fingerprint density at radius 3 is 2.82 bits per heavy atom. The molecule has 7 heteroatoms. The van der Waals surface area contributed by atoms with Gasteiger partial charge in [-0.15, -0.1) is 0 Å². The lowest BCUT2D eigenvalue weighted by Crippen LogP contribution is -2.24. The highest BCUT2D eigenvalue weighted by Crippen LogP contribution is 2.21. The lowest BCUT2D eigenvalue weighted by atomic mass is 10.2. The highest BCUT2D eigenvalue weighted by Gasteiger charge is 2.16. The van der Waals surface area contributed by atoms with Crippen molar-refractivity contribution in [1.82, 2.24) is 5.32 Å². The number of hydrogen-bond donors (Lipinski definition) is 1. The molecule has 0 heterocycles. The summed E-state index contributed by atoms with van der Waals surface area (Å²) in [6.07, 6.45) is 0. The molecule has 0 spiro atoms. The van der Waals surface area contributed by atoms with E-state index < -0.39 is 24.1 Å². The molecule has 1 aromatic rings. The standard InChI is InChI=1S/C10H7F3N2O2/c11-6-1-2-8(17-10(12)13)7(5-6)9(16)15-4-3-14/h1-2,5,10H,4H2,(H,15,16). The number of amides is 1. The molecule has 17 heavy (non-hydrogen) atoms. The number of carbonyl (C=O) groups is 1.